The van der Waals surface area contributed by atoms with Crippen LogP contribution in [-0.4, -0.2) is 34.1 Å². The van der Waals surface area contributed by atoms with Crippen molar-refractivity contribution in [2.45, 2.75) is 23.1 Å². The van der Waals surface area contributed by atoms with E-state index in [0.717, 1.165) is 5.56 Å². The third-order valence-electron chi connectivity index (χ3n) is 3.54. The van der Waals surface area contributed by atoms with E-state index in [9.17, 15) is 13.2 Å². The molecule has 0 saturated carbocycles. The van der Waals surface area contributed by atoms with Crippen LogP contribution >= 0.6 is 11.6 Å². The van der Waals surface area contributed by atoms with Crippen molar-refractivity contribution < 1.29 is 22.7 Å². The highest BCUT2D eigenvalue weighted by Crippen LogP contribution is 2.27. The second-order valence-electron chi connectivity index (χ2n) is 5.36. The molecule has 0 amide bonds. The summed E-state index contributed by atoms with van der Waals surface area (Å²) in [5, 5.41) is 0.367. The molecule has 0 aliphatic rings. The molecule has 0 atom stereocenters. The zero-order chi connectivity index (χ0) is 19.2. The molecule has 0 radical (unpaired) electrons. The smallest absolute Gasteiger partial charge is 0.344 e. The highest BCUT2D eigenvalue weighted by Gasteiger charge is 2.19. The number of carbonyl (C=O) groups excluding carboxylic acids is 1. The van der Waals surface area contributed by atoms with Crippen molar-refractivity contribution >= 4 is 27.4 Å². The second kappa shape index (κ2) is 9.02. The van der Waals surface area contributed by atoms with Gasteiger partial charge in [-0.3, -0.25) is 0 Å². The summed E-state index contributed by atoms with van der Waals surface area (Å²) in [6, 6.07) is 10.4. The van der Waals surface area contributed by atoms with Crippen molar-refractivity contribution in [1.82, 2.24) is 0 Å². The summed E-state index contributed by atoms with van der Waals surface area (Å²) in [6.07, 6.45) is 0.575. The van der Waals surface area contributed by atoms with E-state index in [4.69, 9.17) is 26.8 Å². The maximum Gasteiger partial charge on any atom is 0.344 e. The molecule has 0 aliphatic carbocycles. The minimum absolute atomic E-state index is 0.100. The highest BCUT2D eigenvalue weighted by molar-refractivity contribution is 7.91. The number of carbonyl (C=O) groups is 1. The molecule has 0 aliphatic heterocycles. The number of sulfone groups is 1. The number of hydrogen-bond acceptors (Lipinski definition) is 6. The molecular formula is C18H20ClNO5S. The van der Waals surface area contributed by atoms with Gasteiger partial charge < -0.3 is 15.2 Å². The van der Waals surface area contributed by atoms with Crippen LogP contribution in [-0.2, 0) is 25.8 Å². The molecule has 2 rings (SSSR count). The molecule has 0 bridgehead atoms. The predicted octanol–water partition coefficient (Wildman–Crippen LogP) is 2.62. The van der Waals surface area contributed by atoms with Crippen molar-refractivity contribution in [1.29, 1.82) is 0 Å². The minimum Gasteiger partial charge on any atom is -0.482 e. The fraction of sp³-hybridized carbons (Fsp3) is 0.278. The van der Waals surface area contributed by atoms with Crippen LogP contribution in [0.5, 0.6) is 5.75 Å². The van der Waals surface area contributed by atoms with E-state index in [1.165, 1.54) is 36.4 Å². The van der Waals surface area contributed by atoms with E-state index < -0.39 is 15.8 Å². The lowest BCUT2D eigenvalue weighted by molar-refractivity contribution is -0.145. The normalized spacial score (nSPS) is 11.2. The predicted molar refractivity (Wildman–Crippen MR) is 98.2 cm³/mol. The zero-order valence-corrected chi connectivity index (χ0v) is 15.8. The summed E-state index contributed by atoms with van der Waals surface area (Å²) < 4.78 is 35.4. The van der Waals surface area contributed by atoms with Gasteiger partial charge in [-0.1, -0.05) is 17.7 Å². The Bertz CT molecular complexity index is 866. The van der Waals surface area contributed by atoms with Crippen LogP contribution in [0.25, 0.3) is 0 Å². The van der Waals surface area contributed by atoms with Crippen molar-refractivity contribution in [3.63, 3.8) is 0 Å². The number of benzene rings is 2. The van der Waals surface area contributed by atoms with E-state index in [0.29, 0.717) is 23.7 Å². The summed E-state index contributed by atoms with van der Waals surface area (Å²) in [6.45, 7) is 2.16. The van der Waals surface area contributed by atoms with Crippen molar-refractivity contribution in [2.75, 3.05) is 19.8 Å². The van der Waals surface area contributed by atoms with Crippen LogP contribution in [0, 0.1) is 0 Å². The summed E-state index contributed by atoms with van der Waals surface area (Å²) in [4.78, 5) is 11.5. The van der Waals surface area contributed by atoms with Gasteiger partial charge in [0, 0.05) is 5.02 Å². The molecule has 2 N–H and O–H groups in total. The van der Waals surface area contributed by atoms with Gasteiger partial charge in [0.1, 0.15) is 5.75 Å². The van der Waals surface area contributed by atoms with Gasteiger partial charge in [0.25, 0.3) is 0 Å². The molecule has 140 valence electrons. The Morgan fingerprint density at radius 1 is 1.12 bits per heavy atom. The highest BCUT2D eigenvalue weighted by atomic mass is 35.5. The first-order valence-corrected chi connectivity index (χ1v) is 9.86. The molecule has 0 spiro atoms. The van der Waals surface area contributed by atoms with Gasteiger partial charge in [0.05, 0.1) is 16.4 Å². The fourth-order valence-electron chi connectivity index (χ4n) is 2.25. The zero-order valence-electron chi connectivity index (χ0n) is 14.3. The minimum atomic E-state index is -3.71. The lowest BCUT2D eigenvalue weighted by atomic mass is 10.1. The third kappa shape index (κ3) is 4.97. The monoisotopic (exact) mass is 397 g/mol. The van der Waals surface area contributed by atoms with E-state index in [1.807, 2.05) is 0 Å². The van der Waals surface area contributed by atoms with E-state index in [-0.39, 0.29) is 23.0 Å². The van der Waals surface area contributed by atoms with E-state index in [1.54, 1.807) is 13.0 Å². The van der Waals surface area contributed by atoms with Crippen LogP contribution in [0.3, 0.4) is 0 Å². The summed E-state index contributed by atoms with van der Waals surface area (Å²) in [5.74, 6) is -0.121. The first kappa shape index (κ1) is 20.2. The Balaban J connectivity index is 2.16. The first-order chi connectivity index (χ1) is 12.4. The third-order valence-corrected chi connectivity index (χ3v) is 5.66. The Labute approximate surface area is 157 Å². The SMILES string of the molecule is CCOC(=O)COc1ccc(S(=O)(=O)c2ccc(CCN)c(Cl)c2)cc1. The molecular weight excluding hydrogens is 378 g/mol. The molecule has 26 heavy (non-hydrogen) atoms. The Hall–Kier alpha value is -2.09. The molecule has 0 heterocycles. The lowest BCUT2D eigenvalue weighted by Crippen LogP contribution is -2.14. The fourth-order valence-corrected chi connectivity index (χ4v) is 3.88. The molecule has 0 saturated heterocycles. The van der Waals surface area contributed by atoms with E-state index >= 15 is 0 Å². The van der Waals surface area contributed by atoms with Gasteiger partial charge in [-0.25, -0.2) is 13.2 Å². The van der Waals surface area contributed by atoms with Crippen molar-refractivity contribution in [2.24, 2.45) is 5.73 Å². The standard InChI is InChI=1S/C18H20ClNO5S/c1-2-24-18(21)12-25-14-4-7-15(8-5-14)26(22,23)16-6-3-13(9-10-20)17(19)11-16/h3-8,11H,2,9-10,12,20H2,1H3. The molecule has 0 aromatic heterocycles. The maximum atomic E-state index is 12.7. The molecule has 8 heteroatoms. The van der Waals surface area contributed by atoms with E-state index in [2.05, 4.69) is 0 Å². The van der Waals surface area contributed by atoms with Crippen LogP contribution in [0.2, 0.25) is 5.02 Å². The first-order valence-electron chi connectivity index (χ1n) is 8.00. The van der Waals surface area contributed by atoms with Crippen LogP contribution in [0.1, 0.15) is 12.5 Å². The number of hydrogen-bond donors (Lipinski definition) is 1. The quantitative estimate of drug-likeness (QED) is 0.688. The van der Waals surface area contributed by atoms with Gasteiger partial charge in [0.15, 0.2) is 6.61 Å². The number of nitrogens with two attached hydrogens (primary N) is 1. The van der Waals surface area contributed by atoms with Gasteiger partial charge in [-0.2, -0.15) is 0 Å². The lowest BCUT2D eigenvalue weighted by Gasteiger charge is -2.09. The summed E-state index contributed by atoms with van der Waals surface area (Å²) in [7, 11) is -3.71. The number of rotatable bonds is 8. The van der Waals surface area contributed by atoms with Crippen LogP contribution in [0.4, 0.5) is 0 Å². The molecule has 0 unspecified atom stereocenters. The Kier molecular flexibility index (Phi) is 7.02. The van der Waals surface area contributed by atoms with Crippen molar-refractivity contribution in [3.05, 3.63) is 53.1 Å². The van der Waals surface area contributed by atoms with Crippen LogP contribution in [0.15, 0.2) is 52.3 Å². The van der Waals surface area contributed by atoms with Crippen LogP contribution < -0.4 is 10.5 Å². The molecule has 0 fully saturated rings. The average molecular weight is 398 g/mol. The Morgan fingerprint density at radius 3 is 2.35 bits per heavy atom. The van der Waals surface area contributed by atoms with Gasteiger partial charge in [0.2, 0.25) is 9.84 Å². The number of ether oxygens (including phenoxy) is 2. The Morgan fingerprint density at radius 2 is 1.77 bits per heavy atom. The molecule has 6 nitrogen and oxygen atoms in total. The maximum absolute atomic E-state index is 12.7. The van der Waals surface area contributed by atoms with Gasteiger partial charge >= 0.3 is 5.97 Å². The summed E-state index contributed by atoms with van der Waals surface area (Å²) >= 11 is 6.14. The molecule has 2 aromatic rings. The molecule has 2 aromatic carbocycles. The van der Waals surface area contributed by atoms with Gasteiger partial charge in [-0.15, -0.1) is 0 Å². The number of esters is 1. The van der Waals surface area contributed by atoms with Gasteiger partial charge in [-0.05, 0) is 61.9 Å². The average Bonchev–Trinajstić information content (AvgIpc) is 2.62. The topological polar surface area (TPSA) is 95.7 Å². The largest absolute Gasteiger partial charge is 0.482 e. The number of halogens is 1. The second-order valence-corrected chi connectivity index (χ2v) is 7.72. The van der Waals surface area contributed by atoms with Crippen molar-refractivity contribution in [3.8, 4) is 5.75 Å². The summed E-state index contributed by atoms with van der Waals surface area (Å²) in [5.41, 5.74) is 6.30.